The van der Waals surface area contributed by atoms with Crippen LogP contribution in [0.5, 0.6) is 0 Å². The first-order valence-corrected chi connectivity index (χ1v) is 6.60. The fraction of sp³-hybridized carbons (Fsp3) is 0.188. The number of carbonyl (C=O) groups excluding carboxylic acids is 3. The van der Waals surface area contributed by atoms with E-state index in [1.165, 1.54) is 0 Å². The van der Waals surface area contributed by atoms with Crippen molar-refractivity contribution in [3.05, 3.63) is 48.0 Å². The predicted octanol–water partition coefficient (Wildman–Crippen LogP) is 2.31. The SMILES string of the molecule is CC1(C)C(=O)NC(=O)N1C(=O)c1ccc2ccccc2c1. The van der Waals surface area contributed by atoms with E-state index < -0.39 is 23.4 Å². The Kier molecular flexibility index (Phi) is 2.79. The molecule has 0 spiro atoms. The zero-order valence-electron chi connectivity index (χ0n) is 11.7. The van der Waals surface area contributed by atoms with Crippen LogP contribution in [0.3, 0.4) is 0 Å². The van der Waals surface area contributed by atoms with Crippen molar-refractivity contribution in [1.82, 2.24) is 10.2 Å². The standard InChI is InChI=1S/C16H14N2O3/c1-16(2)14(20)17-15(21)18(16)13(19)12-8-7-10-5-3-4-6-11(10)9-12/h3-9H,1-2H3,(H,17,20,21). The van der Waals surface area contributed by atoms with Crippen LogP contribution in [0, 0.1) is 0 Å². The number of hydrogen-bond acceptors (Lipinski definition) is 3. The number of nitrogens with zero attached hydrogens (tertiary/aromatic N) is 1. The first-order chi connectivity index (χ1) is 9.91. The van der Waals surface area contributed by atoms with Crippen molar-refractivity contribution in [3.8, 4) is 0 Å². The number of amides is 4. The number of fused-ring (bicyclic) bond motifs is 1. The summed E-state index contributed by atoms with van der Waals surface area (Å²) in [5.74, 6) is -0.948. The van der Waals surface area contributed by atoms with Crippen LogP contribution < -0.4 is 5.32 Å². The second-order valence-corrected chi connectivity index (χ2v) is 5.52. The summed E-state index contributed by atoms with van der Waals surface area (Å²) < 4.78 is 0. The smallest absolute Gasteiger partial charge is 0.275 e. The molecule has 1 aliphatic rings. The van der Waals surface area contributed by atoms with E-state index in [-0.39, 0.29) is 0 Å². The normalized spacial score (nSPS) is 17.1. The summed E-state index contributed by atoms with van der Waals surface area (Å²) in [6.07, 6.45) is 0. The topological polar surface area (TPSA) is 66.5 Å². The van der Waals surface area contributed by atoms with Gasteiger partial charge in [-0.05, 0) is 36.8 Å². The molecular weight excluding hydrogens is 268 g/mol. The first-order valence-electron chi connectivity index (χ1n) is 6.60. The molecule has 0 unspecified atom stereocenters. The molecular formula is C16H14N2O3. The number of rotatable bonds is 1. The molecule has 2 aromatic rings. The van der Waals surface area contributed by atoms with Gasteiger partial charge < -0.3 is 0 Å². The van der Waals surface area contributed by atoms with Crippen LogP contribution in [0.4, 0.5) is 4.79 Å². The van der Waals surface area contributed by atoms with Gasteiger partial charge in [-0.15, -0.1) is 0 Å². The highest BCUT2D eigenvalue weighted by atomic mass is 16.2. The summed E-state index contributed by atoms with van der Waals surface area (Å²) in [6, 6.07) is 12.2. The van der Waals surface area contributed by atoms with Gasteiger partial charge in [0, 0.05) is 5.56 Å². The molecule has 0 bridgehead atoms. The lowest BCUT2D eigenvalue weighted by Crippen LogP contribution is -2.47. The maximum absolute atomic E-state index is 12.6. The third-order valence-electron chi connectivity index (χ3n) is 3.74. The summed E-state index contributed by atoms with van der Waals surface area (Å²) in [5.41, 5.74) is -0.800. The molecule has 3 rings (SSSR count). The van der Waals surface area contributed by atoms with Crippen LogP contribution in [-0.4, -0.2) is 28.3 Å². The second kappa shape index (κ2) is 4.41. The predicted molar refractivity (Wildman–Crippen MR) is 77.7 cm³/mol. The summed E-state index contributed by atoms with van der Waals surface area (Å²) >= 11 is 0. The average Bonchev–Trinajstić information content (AvgIpc) is 2.66. The van der Waals surface area contributed by atoms with E-state index >= 15 is 0 Å². The van der Waals surface area contributed by atoms with Gasteiger partial charge in [0.25, 0.3) is 11.8 Å². The molecule has 5 heteroatoms. The molecule has 1 saturated heterocycles. The van der Waals surface area contributed by atoms with Crippen molar-refractivity contribution < 1.29 is 14.4 Å². The van der Waals surface area contributed by atoms with Crippen molar-refractivity contribution in [2.75, 3.05) is 0 Å². The van der Waals surface area contributed by atoms with Crippen molar-refractivity contribution in [2.45, 2.75) is 19.4 Å². The monoisotopic (exact) mass is 282 g/mol. The largest absolute Gasteiger partial charge is 0.332 e. The molecule has 0 atom stereocenters. The second-order valence-electron chi connectivity index (χ2n) is 5.52. The van der Waals surface area contributed by atoms with Gasteiger partial charge in [-0.2, -0.15) is 0 Å². The lowest BCUT2D eigenvalue weighted by molar-refractivity contribution is -0.124. The zero-order chi connectivity index (χ0) is 15.2. The van der Waals surface area contributed by atoms with E-state index in [1.807, 2.05) is 30.3 Å². The third kappa shape index (κ3) is 1.98. The molecule has 1 fully saturated rings. The number of imide groups is 2. The Morgan fingerprint density at radius 1 is 1.05 bits per heavy atom. The molecule has 4 amide bonds. The fourth-order valence-electron chi connectivity index (χ4n) is 2.46. The average molecular weight is 282 g/mol. The van der Waals surface area contributed by atoms with E-state index in [9.17, 15) is 14.4 Å². The number of hydrogen-bond donors (Lipinski definition) is 1. The van der Waals surface area contributed by atoms with E-state index in [2.05, 4.69) is 5.32 Å². The Balaban J connectivity index is 2.04. The van der Waals surface area contributed by atoms with Crippen LogP contribution in [0.2, 0.25) is 0 Å². The highest BCUT2D eigenvalue weighted by Crippen LogP contribution is 2.25. The van der Waals surface area contributed by atoms with Crippen molar-refractivity contribution in [1.29, 1.82) is 0 Å². The van der Waals surface area contributed by atoms with Gasteiger partial charge in [-0.3, -0.25) is 14.9 Å². The molecule has 1 heterocycles. The first kappa shape index (κ1) is 13.3. The Morgan fingerprint density at radius 3 is 2.33 bits per heavy atom. The van der Waals surface area contributed by atoms with Gasteiger partial charge in [-0.1, -0.05) is 30.3 Å². The Bertz CT molecular complexity index is 780. The molecule has 0 radical (unpaired) electrons. The molecule has 106 valence electrons. The van der Waals surface area contributed by atoms with Gasteiger partial charge >= 0.3 is 6.03 Å². The van der Waals surface area contributed by atoms with Gasteiger partial charge in [0.2, 0.25) is 0 Å². The molecule has 1 aliphatic heterocycles. The minimum absolute atomic E-state index is 0.381. The number of nitrogens with one attached hydrogen (secondary N) is 1. The maximum atomic E-state index is 12.6. The van der Waals surface area contributed by atoms with Crippen LogP contribution in [0.1, 0.15) is 24.2 Å². The molecule has 21 heavy (non-hydrogen) atoms. The van der Waals surface area contributed by atoms with Gasteiger partial charge in [0.15, 0.2) is 0 Å². The van der Waals surface area contributed by atoms with E-state index in [0.717, 1.165) is 15.7 Å². The van der Waals surface area contributed by atoms with Crippen LogP contribution in [0.15, 0.2) is 42.5 Å². The Morgan fingerprint density at radius 2 is 1.71 bits per heavy atom. The fourth-order valence-corrected chi connectivity index (χ4v) is 2.46. The van der Waals surface area contributed by atoms with E-state index in [4.69, 9.17) is 0 Å². The number of urea groups is 1. The lowest BCUT2D eigenvalue weighted by atomic mass is 10.0. The summed E-state index contributed by atoms with van der Waals surface area (Å²) in [6.45, 7) is 3.10. The van der Waals surface area contributed by atoms with Crippen molar-refractivity contribution in [3.63, 3.8) is 0 Å². The molecule has 0 aliphatic carbocycles. The minimum Gasteiger partial charge on any atom is -0.275 e. The molecule has 0 aromatic heterocycles. The van der Waals surface area contributed by atoms with Crippen molar-refractivity contribution >= 4 is 28.6 Å². The van der Waals surface area contributed by atoms with Crippen LogP contribution in [-0.2, 0) is 4.79 Å². The van der Waals surface area contributed by atoms with Gasteiger partial charge in [0.05, 0.1) is 0 Å². The summed E-state index contributed by atoms with van der Waals surface area (Å²) in [7, 11) is 0. The molecule has 2 aromatic carbocycles. The number of benzene rings is 2. The quantitative estimate of drug-likeness (QED) is 0.816. The maximum Gasteiger partial charge on any atom is 0.332 e. The number of carbonyl (C=O) groups is 3. The lowest BCUT2D eigenvalue weighted by Gasteiger charge is -2.26. The Hall–Kier alpha value is -2.69. The minimum atomic E-state index is -1.18. The highest BCUT2D eigenvalue weighted by Gasteiger charge is 2.49. The molecule has 1 N–H and O–H groups in total. The van der Waals surface area contributed by atoms with Gasteiger partial charge in [0.1, 0.15) is 5.54 Å². The Labute approximate surface area is 121 Å². The van der Waals surface area contributed by atoms with E-state index in [1.54, 1.807) is 26.0 Å². The molecule has 0 saturated carbocycles. The van der Waals surface area contributed by atoms with Gasteiger partial charge in [-0.25, -0.2) is 9.69 Å². The highest BCUT2D eigenvalue weighted by molar-refractivity contribution is 6.17. The zero-order valence-corrected chi connectivity index (χ0v) is 11.7. The third-order valence-corrected chi connectivity index (χ3v) is 3.74. The van der Waals surface area contributed by atoms with Crippen LogP contribution >= 0.6 is 0 Å². The summed E-state index contributed by atoms with van der Waals surface area (Å²) in [4.78, 5) is 37.1. The van der Waals surface area contributed by atoms with Crippen LogP contribution in [0.25, 0.3) is 10.8 Å². The summed E-state index contributed by atoms with van der Waals surface area (Å²) in [5, 5.41) is 4.09. The van der Waals surface area contributed by atoms with Crippen molar-refractivity contribution in [2.24, 2.45) is 0 Å². The van der Waals surface area contributed by atoms with E-state index in [0.29, 0.717) is 5.56 Å². The molecule has 5 nitrogen and oxygen atoms in total.